The first-order valence-corrected chi connectivity index (χ1v) is 10.1. The fraction of sp³-hybridized carbons (Fsp3) is 0.0833. The Morgan fingerprint density at radius 3 is 2.59 bits per heavy atom. The lowest BCUT2D eigenvalue weighted by molar-refractivity contribution is -0.112. The van der Waals surface area contributed by atoms with Gasteiger partial charge in [0.1, 0.15) is 24.1 Å². The van der Waals surface area contributed by atoms with Gasteiger partial charge in [0.25, 0.3) is 5.91 Å². The molecule has 8 heteroatoms. The van der Waals surface area contributed by atoms with Crippen LogP contribution in [-0.2, 0) is 11.4 Å². The van der Waals surface area contributed by atoms with E-state index in [1.54, 1.807) is 42.5 Å². The molecule has 0 fully saturated rings. The molecule has 0 aromatic heterocycles. The lowest BCUT2D eigenvalue weighted by atomic mass is 10.1. The van der Waals surface area contributed by atoms with E-state index < -0.39 is 11.7 Å². The molecule has 3 rings (SSSR count). The molecule has 0 aliphatic rings. The minimum absolute atomic E-state index is 0.0131. The molecule has 1 N–H and O–H groups in total. The summed E-state index contributed by atoms with van der Waals surface area (Å²) < 4.78 is 24.9. The number of halogens is 3. The number of carbonyl (C=O) groups excluding carboxylic acids is 1. The molecule has 0 saturated carbocycles. The molecule has 1 amide bonds. The van der Waals surface area contributed by atoms with Crippen molar-refractivity contribution in [2.75, 3.05) is 12.4 Å². The number of nitriles is 1. The molecular formula is C24H17Cl2FN2O3. The summed E-state index contributed by atoms with van der Waals surface area (Å²) in [4.78, 5) is 12.4. The molecule has 5 nitrogen and oxygen atoms in total. The van der Waals surface area contributed by atoms with Crippen molar-refractivity contribution in [3.8, 4) is 17.6 Å². The maximum atomic E-state index is 13.8. The molecule has 162 valence electrons. The van der Waals surface area contributed by atoms with E-state index in [9.17, 15) is 14.4 Å². The van der Waals surface area contributed by atoms with Crippen LogP contribution >= 0.6 is 23.2 Å². The number of hydrogen-bond acceptors (Lipinski definition) is 4. The summed E-state index contributed by atoms with van der Waals surface area (Å²) in [5.74, 6) is -0.475. The van der Waals surface area contributed by atoms with Gasteiger partial charge < -0.3 is 14.8 Å². The van der Waals surface area contributed by atoms with Gasteiger partial charge in [-0.1, -0.05) is 47.5 Å². The molecule has 0 heterocycles. The summed E-state index contributed by atoms with van der Waals surface area (Å²) in [6.45, 7) is 0.191. The summed E-state index contributed by atoms with van der Waals surface area (Å²) in [5, 5.41) is 12.8. The Morgan fingerprint density at radius 2 is 1.91 bits per heavy atom. The van der Waals surface area contributed by atoms with Crippen LogP contribution in [0.5, 0.6) is 11.5 Å². The second kappa shape index (κ2) is 10.7. The standard InChI is InChI=1S/C24H17Cl2FN2O3/c1-31-23-11-15(6-9-22(23)32-14-16-7-8-18(25)12-19(16)26)10-17(13-28)24(30)29-21-5-3-2-4-20(21)27/h2-12H,14H2,1H3,(H,29,30)/b17-10-. The van der Waals surface area contributed by atoms with Crippen LogP contribution in [0, 0.1) is 17.1 Å². The van der Waals surface area contributed by atoms with Crippen LogP contribution in [0.15, 0.2) is 66.2 Å². The highest BCUT2D eigenvalue weighted by Crippen LogP contribution is 2.31. The average molecular weight is 471 g/mol. The summed E-state index contributed by atoms with van der Waals surface area (Å²) in [7, 11) is 1.47. The number of nitrogens with one attached hydrogen (secondary N) is 1. The molecule has 0 radical (unpaired) electrons. The Morgan fingerprint density at radius 1 is 1.12 bits per heavy atom. The van der Waals surface area contributed by atoms with Crippen molar-refractivity contribution in [2.24, 2.45) is 0 Å². The van der Waals surface area contributed by atoms with Crippen LogP contribution in [0.1, 0.15) is 11.1 Å². The third-order valence-corrected chi connectivity index (χ3v) is 4.97. The molecule has 0 unspecified atom stereocenters. The number of methoxy groups -OCH3 is 1. The normalized spacial score (nSPS) is 10.9. The van der Waals surface area contributed by atoms with E-state index in [2.05, 4.69) is 5.32 Å². The third-order valence-electron chi connectivity index (χ3n) is 4.38. The number of amides is 1. The molecule has 0 aliphatic heterocycles. The summed E-state index contributed by atoms with van der Waals surface area (Å²) >= 11 is 12.1. The smallest absolute Gasteiger partial charge is 0.266 e. The maximum absolute atomic E-state index is 13.8. The highest BCUT2D eigenvalue weighted by Gasteiger charge is 2.13. The van der Waals surface area contributed by atoms with E-state index in [0.29, 0.717) is 27.1 Å². The average Bonchev–Trinajstić information content (AvgIpc) is 2.78. The van der Waals surface area contributed by atoms with Crippen LogP contribution in [0.25, 0.3) is 6.08 Å². The number of hydrogen-bond donors (Lipinski definition) is 1. The lowest BCUT2D eigenvalue weighted by Gasteiger charge is -2.12. The SMILES string of the molecule is COc1cc(/C=C(/C#N)C(=O)Nc2ccccc2F)ccc1OCc1ccc(Cl)cc1Cl. The number of rotatable bonds is 7. The first-order chi connectivity index (χ1) is 15.4. The molecule has 3 aromatic carbocycles. The minimum atomic E-state index is -0.728. The zero-order valence-electron chi connectivity index (χ0n) is 16.9. The second-order valence-corrected chi connectivity index (χ2v) is 7.38. The Balaban J connectivity index is 1.77. The summed E-state index contributed by atoms with van der Waals surface area (Å²) in [5.41, 5.74) is 1.07. The van der Waals surface area contributed by atoms with Crippen molar-refractivity contribution in [2.45, 2.75) is 6.61 Å². The van der Waals surface area contributed by atoms with Crippen molar-refractivity contribution in [3.05, 3.63) is 93.2 Å². The van der Waals surface area contributed by atoms with Crippen LogP contribution in [0.2, 0.25) is 10.0 Å². The van der Waals surface area contributed by atoms with Gasteiger partial charge in [-0.25, -0.2) is 4.39 Å². The molecule has 0 atom stereocenters. The van der Waals surface area contributed by atoms with E-state index in [1.807, 2.05) is 6.07 Å². The molecule has 0 spiro atoms. The van der Waals surface area contributed by atoms with Gasteiger partial charge in [-0.15, -0.1) is 0 Å². The van der Waals surface area contributed by atoms with Crippen LogP contribution in [-0.4, -0.2) is 13.0 Å². The molecule has 3 aromatic rings. The number of nitrogens with zero attached hydrogens (tertiary/aromatic N) is 1. The molecule has 0 aliphatic carbocycles. The molecule has 0 bridgehead atoms. The van der Waals surface area contributed by atoms with Gasteiger partial charge in [-0.05, 0) is 48.0 Å². The third kappa shape index (κ3) is 5.79. The van der Waals surface area contributed by atoms with Gasteiger partial charge >= 0.3 is 0 Å². The predicted octanol–water partition coefficient (Wildman–Crippen LogP) is 6.27. The summed E-state index contributed by atoms with van der Waals surface area (Å²) in [6.07, 6.45) is 1.37. The quantitative estimate of drug-likeness (QED) is 0.326. The number of anilines is 1. The highest BCUT2D eigenvalue weighted by molar-refractivity contribution is 6.35. The topological polar surface area (TPSA) is 71.3 Å². The zero-order chi connectivity index (χ0) is 23.1. The fourth-order valence-corrected chi connectivity index (χ4v) is 3.22. The van der Waals surface area contributed by atoms with Crippen molar-refractivity contribution >= 4 is 40.9 Å². The maximum Gasteiger partial charge on any atom is 0.266 e. The second-order valence-electron chi connectivity index (χ2n) is 6.54. The van der Waals surface area contributed by atoms with Crippen molar-refractivity contribution in [1.29, 1.82) is 5.26 Å². The summed E-state index contributed by atoms with van der Waals surface area (Å²) in [6, 6.07) is 17.6. The van der Waals surface area contributed by atoms with Crippen molar-refractivity contribution in [1.82, 2.24) is 0 Å². The van der Waals surface area contributed by atoms with Gasteiger partial charge in [0, 0.05) is 15.6 Å². The lowest BCUT2D eigenvalue weighted by Crippen LogP contribution is -2.14. The first-order valence-electron chi connectivity index (χ1n) is 9.33. The van der Waals surface area contributed by atoms with Gasteiger partial charge in [0.15, 0.2) is 11.5 Å². The molecule has 0 saturated heterocycles. The Hall–Kier alpha value is -3.53. The van der Waals surface area contributed by atoms with Crippen molar-refractivity contribution < 1.29 is 18.7 Å². The largest absolute Gasteiger partial charge is 0.493 e. The predicted molar refractivity (Wildman–Crippen MR) is 122 cm³/mol. The van der Waals surface area contributed by atoms with Crippen molar-refractivity contribution in [3.63, 3.8) is 0 Å². The molecular weight excluding hydrogens is 454 g/mol. The Kier molecular flexibility index (Phi) is 7.72. The van der Waals surface area contributed by atoms with Crippen LogP contribution in [0.4, 0.5) is 10.1 Å². The van der Waals surface area contributed by atoms with Crippen LogP contribution < -0.4 is 14.8 Å². The van der Waals surface area contributed by atoms with E-state index in [-0.39, 0.29) is 17.9 Å². The van der Waals surface area contributed by atoms with E-state index in [4.69, 9.17) is 32.7 Å². The van der Waals surface area contributed by atoms with Crippen LogP contribution in [0.3, 0.4) is 0 Å². The Bertz CT molecular complexity index is 1220. The van der Waals surface area contributed by atoms with Gasteiger partial charge in [-0.3, -0.25) is 4.79 Å². The monoisotopic (exact) mass is 470 g/mol. The van der Waals surface area contributed by atoms with Gasteiger partial charge in [0.05, 0.1) is 12.8 Å². The number of ether oxygens (including phenoxy) is 2. The minimum Gasteiger partial charge on any atom is -0.493 e. The number of carbonyl (C=O) groups is 1. The molecule has 32 heavy (non-hydrogen) atoms. The fourth-order valence-electron chi connectivity index (χ4n) is 2.75. The van der Waals surface area contributed by atoms with Gasteiger partial charge in [0.2, 0.25) is 0 Å². The van der Waals surface area contributed by atoms with Gasteiger partial charge in [-0.2, -0.15) is 5.26 Å². The van der Waals surface area contributed by atoms with E-state index in [1.165, 1.54) is 31.4 Å². The first kappa shape index (κ1) is 23.1. The van der Waals surface area contributed by atoms with E-state index in [0.717, 1.165) is 5.56 Å². The number of para-hydroxylation sites is 1. The Labute approximate surface area is 194 Å². The number of benzene rings is 3. The zero-order valence-corrected chi connectivity index (χ0v) is 18.4. The highest BCUT2D eigenvalue weighted by atomic mass is 35.5. The van der Waals surface area contributed by atoms with E-state index >= 15 is 0 Å².